The van der Waals surface area contributed by atoms with Crippen molar-refractivity contribution in [2.24, 2.45) is 0 Å². The van der Waals surface area contributed by atoms with Crippen molar-refractivity contribution in [3.05, 3.63) is 58.6 Å². The van der Waals surface area contributed by atoms with Gasteiger partial charge >= 0.3 is 6.61 Å². The van der Waals surface area contributed by atoms with E-state index < -0.39 is 12.3 Å². The molecule has 0 saturated carbocycles. The number of anilines is 1. The van der Waals surface area contributed by atoms with E-state index in [4.69, 9.17) is 0 Å². The predicted molar refractivity (Wildman–Crippen MR) is 107 cm³/mol. The van der Waals surface area contributed by atoms with Crippen LogP contribution in [0.25, 0.3) is 0 Å². The number of benzene rings is 2. The second-order valence-electron chi connectivity index (χ2n) is 7.18. The Morgan fingerprint density at radius 3 is 2.38 bits per heavy atom. The lowest BCUT2D eigenvalue weighted by molar-refractivity contribution is -0.534. The summed E-state index contributed by atoms with van der Waals surface area (Å²) >= 11 is 3.46. The van der Waals surface area contributed by atoms with Crippen LogP contribution in [-0.2, 0) is 5.72 Å². The monoisotopic (exact) mass is 530 g/mol. The molecule has 29 heavy (non-hydrogen) atoms. The third-order valence-electron chi connectivity index (χ3n) is 5.36. The van der Waals surface area contributed by atoms with E-state index in [2.05, 4.69) is 25.2 Å². The van der Waals surface area contributed by atoms with Crippen molar-refractivity contribution in [2.45, 2.75) is 38.0 Å². The van der Waals surface area contributed by atoms with Crippen molar-refractivity contribution in [3.8, 4) is 5.75 Å². The number of halogens is 4. The Balaban J connectivity index is 0.00000240. The Kier molecular flexibility index (Phi) is 6.96. The van der Waals surface area contributed by atoms with Gasteiger partial charge in [-0.1, -0.05) is 15.9 Å². The second-order valence-corrected chi connectivity index (χ2v) is 8.10. The molecule has 2 aliphatic heterocycles. The molecule has 8 heteroatoms. The smallest absolute Gasteiger partial charge is 0.387 e. The molecule has 0 fully saturated rings. The summed E-state index contributed by atoms with van der Waals surface area (Å²) in [5.74, 6) is 1.19. The summed E-state index contributed by atoms with van der Waals surface area (Å²) in [5, 5.41) is 11.8. The zero-order chi connectivity index (χ0) is 19.7. The highest BCUT2D eigenvalue weighted by molar-refractivity contribution is 9.10. The van der Waals surface area contributed by atoms with E-state index in [-0.39, 0.29) is 22.7 Å². The van der Waals surface area contributed by atoms with Gasteiger partial charge in [0, 0.05) is 16.5 Å². The van der Waals surface area contributed by atoms with Crippen LogP contribution in [0.5, 0.6) is 5.75 Å². The van der Waals surface area contributed by atoms with Gasteiger partial charge in [0.05, 0.1) is 6.54 Å². The highest BCUT2D eigenvalue weighted by Crippen LogP contribution is 2.38. The first-order valence-corrected chi connectivity index (χ1v) is 10.2. The number of hydrogen-bond acceptors (Lipinski definition) is 3. The van der Waals surface area contributed by atoms with Crippen LogP contribution in [0.2, 0.25) is 0 Å². The van der Waals surface area contributed by atoms with Crippen LogP contribution in [0.1, 0.15) is 31.2 Å². The highest BCUT2D eigenvalue weighted by Gasteiger charge is 2.54. The van der Waals surface area contributed by atoms with Crippen LogP contribution in [0.4, 0.5) is 14.5 Å². The van der Waals surface area contributed by atoms with E-state index in [0.717, 1.165) is 41.8 Å². The number of hydrogen-bond donors (Lipinski definition) is 1. The largest absolute Gasteiger partial charge is 1.00 e. The summed E-state index contributed by atoms with van der Waals surface area (Å²) in [6.45, 7) is -1.53. The molecule has 0 aromatic heterocycles. The molecule has 0 spiro atoms. The highest BCUT2D eigenvalue weighted by atomic mass is 79.9. The van der Waals surface area contributed by atoms with Gasteiger partial charge in [-0.25, -0.2) is 0 Å². The fourth-order valence-electron chi connectivity index (χ4n) is 4.10. The molecule has 4 rings (SSSR count). The van der Waals surface area contributed by atoms with Crippen LogP contribution in [-0.4, -0.2) is 35.2 Å². The van der Waals surface area contributed by atoms with Crippen LogP contribution < -0.4 is 26.6 Å². The maximum atomic E-state index is 12.5. The van der Waals surface area contributed by atoms with Gasteiger partial charge in [0.15, 0.2) is 6.54 Å². The molecule has 4 nitrogen and oxygen atoms in total. The van der Waals surface area contributed by atoms with E-state index >= 15 is 0 Å². The van der Waals surface area contributed by atoms with Crippen LogP contribution >= 0.6 is 15.9 Å². The van der Waals surface area contributed by atoms with Gasteiger partial charge in [0.2, 0.25) is 0 Å². The molecule has 2 aromatic carbocycles. The summed E-state index contributed by atoms with van der Waals surface area (Å²) in [6.07, 6.45) is 4.24. The summed E-state index contributed by atoms with van der Waals surface area (Å²) in [5.41, 5.74) is 0.278. The van der Waals surface area contributed by atoms with Crippen molar-refractivity contribution in [1.82, 2.24) is 0 Å². The van der Waals surface area contributed by atoms with Crippen molar-refractivity contribution in [1.29, 1.82) is 0 Å². The summed E-state index contributed by atoms with van der Waals surface area (Å²) in [4.78, 5) is 1.99. The quantitative estimate of drug-likeness (QED) is 0.610. The van der Waals surface area contributed by atoms with E-state index in [9.17, 15) is 13.9 Å². The number of aliphatic hydroxyl groups is 1. The van der Waals surface area contributed by atoms with Crippen molar-refractivity contribution in [3.63, 3.8) is 0 Å². The maximum Gasteiger partial charge on any atom is 0.387 e. The van der Waals surface area contributed by atoms with Crippen LogP contribution in [0.15, 0.2) is 53.0 Å². The van der Waals surface area contributed by atoms with E-state index in [1.54, 1.807) is 12.1 Å². The Labute approximate surface area is 187 Å². The average molecular weight is 532 g/mol. The van der Waals surface area contributed by atoms with Crippen molar-refractivity contribution in [2.75, 3.05) is 18.0 Å². The zero-order valence-corrected chi connectivity index (χ0v) is 18.9. The number of rotatable bonds is 4. The minimum atomic E-state index is -2.87. The molecular weight excluding hydrogens is 510 g/mol. The van der Waals surface area contributed by atoms with E-state index in [0.29, 0.717) is 12.1 Å². The fourth-order valence-corrected chi connectivity index (χ4v) is 4.36. The fraction of sp³-hybridized carbons (Fsp3) is 0.381. The molecule has 2 heterocycles. The Hall–Kier alpha value is -1.51. The topological polar surface area (TPSA) is 35.7 Å². The van der Waals surface area contributed by atoms with Crippen LogP contribution in [0, 0.1) is 0 Å². The zero-order valence-electron chi connectivity index (χ0n) is 15.7. The number of alkyl halides is 2. The minimum Gasteiger partial charge on any atom is -1.00 e. The molecule has 0 bridgehead atoms. The molecule has 2 aliphatic rings. The molecule has 0 radical (unpaired) electrons. The standard InChI is InChI=1S/C21H22BrF2N2O2.BrH/c22-16-7-9-17(10-8-16)26-19-4-2-1-3-13-25(19)14-21(26,27)15-5-11-18(12-6-15)28-20(23)24;/h5-12,20,27H,1-4,13-14H2;1H/q+1;/p-1. The van der Waals surface area contributed by atoms with Gasteiger partial charge in [-0.15, -0.1) is 0 Å². The maximum absolute atomic E-state index is 12.5. The van der Waals surface area contributed by atoms with E-state index in [1.165, 1.54) is 18.6 Å². The number of amidine groups is 1. The van der Waals surface area contributed by atoms with Gasteiger partial charge in [0.1, 0.15) is 11.4 Å². The predicted octanol–water partition coefficient (Wildman–Crippen LogP) is 1.70. The normalized spacial score (nSPS) is 21.6. The summed E-state index contributed by atoms with van der Waals surface area (Å²) < 4.78 is 32.6. The lowest BCUT2D eigenvalue weighted by atomic mass is 9.99. The molecule has 0 saturated heterocycles. The minimum absolute atomic E-state index is 0. The molecule has 0 amide bonds. The van der Waals surface area contributed by atoms with Crippen LogP contribution in [0.3, 0.4) is 0 Å². The SMILES string of the molecule is OC1(c2ccc(OC(F)F)cc2)C[N+]2=C(CCCCC2)N1c1ccc(Br)cc1.[Br-]. The van der Waals surface area contributed by atoms with Crippen molar-refractivity contribution >= 4 is 27.5 Å². The Bertz CT molecular complexity index is 875. The van der Waals surface area contributed by atoms with E-state index in [1.807, 2.05) is 29.2 Å². The Morgan fingerprint density at radius 2 is 1.72 bits per heavy atom. The third-order valence-corrected chi connectivity index (χ3v) is 5.89. The number of nitrogens with zero attached hydrogens (tertiary/aromatic N) is 2. The first-order valence-electron chi connectivity index (χ1n) is 9.42. The third kappa shape index (κ3) is 4.49. The van der Waals surface area contributed by atoms with Gasteiger partial charge in [0.25, 0.3) is 11.6 Å². The van der Waals surface area contributed by atoms with Gasteiger partial charge in [-0.05, 0) is 67.8 Å². The first kappa shape index (κ1) is 22.2. The molecule has 1 atom stereocenters. The molecule has 156 valence electrons. The summed E-state index contributed by atoms with van der Waals surface area (Å²) in [7, 11) is 0. The molecule has 2 aromatic rings. The Morgan fingerprint density at radius 1 is 1.03 bits per heavy atom. The van der Waals surface area contributed by atoms with Gasteiger partial charge in [-0.2, -0.15) is 13.7 Å². The lowest BCUT2D eigenvalue weighted by Gasteiger charge is -2.29. The van der Waals surface area contributed by atoms with Crippen molar-refractivity contribution < 1.29 is 40.2 Å². The molecule has 0 aliphatic carbocycles. The molecule has 1 N–H and O–H groups in total. The van der Waals surface area contributed by atoms with Gasteiger partial charge < -0.3 is 26.8 Å². The summed E-state index contributed by atoms with van der Waals surface area (Å²) in [6, 6.07) is 14.1. The first-order chi connectivity index (χ1) is 13.5. The van der Waals surface area contributed by atoms with Gasteiger partial charge in [-0.3, -0.25) is 4.58 Å². The average Bonchev–Trinajstić information content (AvgIpc) is 2.79. The second kappa shape index (κ2) is 9.10. The molecule has 1 unspecified atom stereocenters. The number of ether oxygens (including phenoxy) is 1. The lowest BCUT2D eigenvalue weighted by Crippen LogP contribution is -3.00. The molecular formula is C21H22Br2F2N2O2.